The maximum absolute atomic E-state index is 11.7. The number of carbonyl (C=O) groups excluding carboxylic acids is 1. The van der Waals surface area contributed by atoms with E-state index in [1.54, 1.807) is 6.07 Å². The first kappa shape index (κ1) is 16.2. The van der Waals surface area contributed by atoms with Gasteiger partial charge < -0.3 is 14.5 Å². The van der Waals surface area contributed by atoms with Crippen LogP contribution in [0.4, 0.5) is 5.69 Å². The number of ether oxygens (including phenoxy) is 1. The summed E-state index contributed by atoms with van der Waals surface area (Å²) in [6.45, 7) is 0.941. The minimum atomic E-state index is -0.359. The molecule has 1 aromatic carbocycles. The molecule has 5 nitrogen and oxygen atoms in total. The van der Waals surface area contributed by atoms with Crippen molar-refractivity contribution in [3.05, 3.63) is 45.9 Å². The van der Waals surface area contributed by atoms with E-state index in [1.165, 1.54) is 24.0 Å². The third-order valence-corrected chi connectivity index (χ3v) is 5.33. The Morgan fingerprint density at radius 3 is 3.04 bits per heavy atom. The van der Waals surface area contributed by atoms with Crippen molar-refractivity contribution in [1.82, 2.24) is 4.98 Å². The summed E-state index contributed by atoms with van der Waals surface area (Å²) in [5, 5.41) is 3.33. The number of rotatable bonds is 4. The number of oxazole rings is 1. The summed E-state index contributed by atoms with van der Waals surface area (Å²) in [6.07, 6.45) is 1.03. The van der Waals surface area contributed by atoms with E-state index in [1.807, 2.05) is 18.2 Å². The Bertz CT molecular complexity index is 948. The van der Waals surface area contributed by atoms with Gasteiger partial charge in [-0.05, 0) is 42.3 Å². The van der Waals surface area contributed by atoms with Crippen LogP contribution in [0.15, 0.2) is 34.7 Å². The second-order valence-electron chi connectivity index (χ2n) is 5.70. The maximum Gasteiger partial charge on any atom is 0.311 e. The molecule has 25 heavy (non-hydrogen) atoms. The molecule has 0 aliphatic carbocycles. The van der Waals surface area contributed by atoms with Crippen LogP contribution in [-0.2, 0) is 22.4 Å². The van der Waals surface area contributed by atoms with Gasteiger partial charge in [0, 0.05) is 17.8 Å². The fourth-order valence-electron chi connectivity index (χ4n) is 2.87. The van der Waals surface area contributed by atoms with Gasteiger partial charge in [-0.15, -0.1) is 11.3 Å². The fraction of sp³-hybridized carbons (Fsp3) is 0.222. The molecule has 0 fully saturated rings. The summed E-state index contributed by atoms with van der Waals surface area (Å²) < 4.78 is 11.4. The lowest BCUT2D eigenvalue weighted by atomic mass is 10.1. The van der Waals surface area contributed by atoms with E-state index < -0.39 is 0 Å². The predicted octanol–water partition coefficient (Wildman–Crippen LogP) is 4.41. The van der Waals surface area contributed by atoms with Crippen molar-refractivity contribution < 1.29 is 13.9 Å². The molecule has 4 rings (SSSR count). The summed E-state index contributed by atoms with van der Waals surface area (Å²) in [7, 11) is 1.36. The Kier molecular flexibility index (Phi) is 4.23. The lowest BCUT2D eigenvalue weighted by Crippen LogP contribution is -2.05. The molecule has 128 valence electrons. The third-order valence-electron chi connectivity index (χ3n) is 4.10. The van der Waals surface area contributed by atoms with Gasteiger partial charge in [-0.25, -0.2) is 4.98 Å². The first-order valence-corrected chi connectivity index (χ1v) is 9.03. The van der Waals surface area contributed by atoms with Crippen LogP contribution >= 0.6 is 22.9 Å². The van der Waals surface area contributed by atoms with Crippen LogP contribution in [0.2, 0.25) is 4.34 Å². The van der Waals surface area contributed by atoms with Gasteiger partial charge in [0.05, 0.1) is 28.4 Å². The summed E-state index contributed by atoms with van der Waals surface area (Å²) >= 11 is 7.43. The number of hydrogen-bond acceptors (Lipinski definition) is 6. The number of fused-ring (bicyclic) bond motifs is 1. The lowest BCUT2D eigenvalue weighted by molar-refractivity contribution is -0.139. The van der Waals surface area contributed by atoms with Crippen molar-refractivity contribution >= 4 is 34.6 Å². The molecule has 1 aliphatic heterocycles. The number of aromatic nitrogens is 1. The Morgan fingerprint density at radius 2 is 2.28 bits per heavy atom. The van der Waals surface area contributed by atoms with Crippen molar-refractivity contribution in [2.24, 2.45) is 0 Å². The molecule has 3 heterocycles. The van der Waals surface area contributed by atoms with Crippen molar-refractivity contribution in [1.29, 1.82) is 0 Å². The standard InChI is InChI=1S/C18H15ClN2O3S/c1-23-16(22)9-13-17(14-4-5-15(19)25-14)24-18(21-13)11-2-3-12-10(8-11)6-7-20-12/h2-5,8,20H,6-7,9H2,1H3. The number of benzene rings is 1. The number of carbonyl (C=O) groups is 1. The van der Waals surface area contributed by atoms with Crippen LogP contribution in [-0.4, -0.2) is 24.6 Å². The van der Waals surface area contributed by atoms with Gasteiger partial charge in [-0.1, -0.05) is 11.6 Å². The molecule has 0 saturated heterocycles. The van der Waals surface area contributed by atoms with Crippen LogP contribution in [0, 0.1) is 0 Å². The highest BCUT2D eigenvalue weighted by Gasteiger charge is 2.21. The molecule has 0 radical (unpaired) electrons. The van der Waals surface area contributed by atoms with Crippen molar-refractivity contribution in [2.75, 3.05) is 19.0 Å². The van der Waals surface area contributed by atoms with Crippen LogP contribution in [0.3, 0.4) is 0 Å². The largest absolute Gasteiger partial charge is 0.469 e. The van der Waals surface area contributed by atoms with Gasteiger partial charge in [0.2, 0.25) is 5.89 Å². The number of anilines is 1. The van der Waals surface area contributed by atoms with Gasteiger partial charge in [0.15, 0.2) is 5.76 Å². The average Bonchev–Trinajstić information content (AvgIpc) is 3.33. The van der Waals surface area contributed by atoms with Gasteiger partial charge in [-0.2, -0.15) is 0 Å². The molecular weight excluding hydrogens is 360 g/mol. The predicted molar refractivity (Wildman–Crippen MR) is 98.2 cm³/mol. The SMILES string of the molecule is COC(=O)Cc1nc(-c2ccc3c(c2)CCN3)oc1-c1ccc(Cl)s1. The summed E-state index contributed by atoms with van der Waals surface area (Å²) in [5.74, 6) is 0.700. The van der Waals surface area contributed by atoms with E-state index in [9.17, 15) is 4.79 Å². The molecule has 0 atom stereocenters. The van der Waals surface area contributed by atoms with E-state index in [2.05, 4.69) is 16.4 Å². The Morgan fingerprint density at radius 1 is 1.40 bits per heavy atom. The molecule has 0 amide bonds. The summed E-state index contributed by atoms with van der Waals surface area (Å²) in [6, 6.07) is 9.74. The summed E-state index contributed by atoms with van der Waals surface area (Å²) in [4.78, 5) is 17.1. The Labute approximate surface area is 153 Å². The van der Waals surface area contributed by atoms with Gasteiger partial charge >= 0.3 is 5.97 Å². The second-order valence-corrected chi connectivity index (χ2v) is 7.42. The van der Waals surface area contributed by atoms with Crippen LogP contribution in [0.25, 0.3) is 22.1 Å². The highest BCUT2D eigenvalue weighted by molar-refractivity contribution is 7.19. The third kappa shape index (κ3) is 3.15. The zero-order chi connectivity index (χ0) is 17.4. The quantitative estimate of drug-likeness (QED) is 0.685. The highest BCUT2D eigenvalue weighted by atomic mass is 35.5. The molecule has 7 heteroatoms. The Balaban J connectivity index is 1.77. The molecule has 0 spiro atoms. The second kappa shape index (κ2) is 6.54. The van der Waals surface area contributed by atoms with Crippen molar-refractivity contribution in [3.63, 3.8) is 0 Å². The van der Waals surface area contributed by atoms with Gasteiger partial charge in [0.25, 0.3) is 0 Å². The van der Waals surface area contributed by atoms with E-state index in [4.69, 9.17) is 20.8 Å². The van der Waals surface area contributed by atoms with Gasteiger partial charge in [0.1, 0.15) is 0 Å². The smallest absolute Gasteiger partial charge is 0.311 e. The zero-order valence-corrected chi connectivity index (χ0v) is 15.0. The molecule has 1 N–H and O–H groups in total. The number of methoxy groups -OCH3 is 1. The molecule has 3 aromatic rings. The lowest BCUT2D eigenvalue weighted by Gasteiger charge is -2.01. The molecular formula is C18H15ClN2O3S. The minimum Gasteiger partial charge on any atom is -0.469 e. The fourth-order valence-corrected chi connectivity index (χ4v) is 3.92. The van der Waals surface area contributed by atoms with E-state index in [0.717, 1.165) is 29.1 Å². The zero-order valence-electron chi connectivity index (χ0n) is 13.5. The summed E-state index contributed by atoms with van der Waals surface area (Å²) in [5.41, 5.74) is 3.84. The number of hydrogen-bond donors (Lipinski definition) is 1. The first-order chi connectivity index (χ1) is 12.1. The van der Waals surface area contributed by atoms with Crippen LogP contribution < -0.4 is 5.32 Å². The van der Waals surface area contributed by atoms with Crippen LogP contribution in [0.1, 0.15) is 11.3 Å². The number of nitrogens with one attached hydrogen (secondary N) is 1. The first-order valence-electron chi connectivity index (χ1n) is 7.83. The number of nitrogens with zero attached hydrogens (tertiary/aromatic N) is 1. The number of thiophene rings is 1. The van der Waals surface area contributed by atoms with Gasteiger partial charge in [-0.3, -0.25) is 4.79 Å². The topological polar surface area (TPSA) is 64.4 Å². The molecule has 0 saturated carbocycles. The van der Waals surface area contributed by atoms with E-state index in [0.29, 0.717) is 21.7 Å². The Hall–Kier alpha value is -2.31. The maximum atomic E-state index is 11.7. The normalized spacial score (nSPS) is 12.7. The molecule has 2 aromatic heterocycles. The monoisotopic (exact) mass is 374 g/mol. The molecule has 0 unspecified atom stereocenters. The van der Waals surface area contributed by atoms with Crippen molar-refractivity contribution in [2.45, 2.75) is 12.8 Å². The van der Waals surface area contributed by atoms with Crippen molar-refractivity contribution in [3.8, 4) is 22.1 Å². The van der Waals surface area contributed by atoms with Crippen LogP contribution in [0.5, 0.6) is 0 Å². The molecule has 0 bridgehead atoms. The number of halogens is 1. The van der Waals surface area contributed by atoms with E-state index in [-0.39, 0.29) is 12.4 Å². The average molecular weight is 375 g/mol. The molecule has 1 aliphatic rings. The highest BCUT2D eigenvalue weighted by Crippen LogP contribution is 2.37. The number of esters is 1. The van der Waals surface area contributed by atoms with E-state index >= 15 is 0 Å². The minimum absolute atomic E-state index is 0.0529.